The molecule has 0 aliphatic rings. The number of fused-ring (bicyclic) bond motifs is 1. The van der Waals surface area contributed by atoms with Crippen molar-refractivity contribution in [1.82, 2.24) is 4.98 Å². The summed E-state index contributed by atoms with van der Waals surface area (Å²) in [7, 11) is 0. The third-order valence-corrected chi connectivity index (χ3v) is 3.53. The first-order valence-corrected chi connectivity index (χ1v) is 6.64. The van der Waals surface area contributed by atoms with E-state index in [-0.39, 0.29) is 0 Å². The van der Waals surface area contributed by atoms with Gasteiger partial charge in [0.15, 0.2) is 5.58 Å². The second-order valence-corrected chi connectivity index (χ2v) is 5.42. The van der Waals surface area contributed by atoms with Crippen molar-refractivity contribution in [3.05, 3.63) is 45.5 Å². The Morgan fingerprint density at radius 1 is 1.22 bits per heavy atom. The largest absolute Gasteiger partial charge is 0.436 e. The molecule has 0 aliphatic carbocycles. The molecule has 0 spiro atoms. The molecule has 0 aliphatic heterocycles. The lowest BCUT2D eigenvalue weighted by Gasteiger charge is -2.01. The van der Waals surface area contributed by atoms with Crippen LogP contribution in [0.3, 0.4) is 0 Å². The predicted octanol–water partition coefficient (Wildman–Crippen LogP) is 3.99. The van der Waals surface area contributed by atoms with Crippen molar-refractivity contribution < 1.29 is 4.42 Å². The summed E-state index contributed by atoms with van der Waals surface area (Å²) in [6.45, 7) is 2.01. The molecule has 18 heavy (non-hydrogen) atoms. The first-order valence-electron chi connectivity index (χ1n) is 5.57. The summed E-state index contributed by atoms with van der Waals surface area (Å²) in [6, 6.07) is 11.7. The molecule has 1 heterocycles. The van der Waals surface area contributed by atoms with Gasteiger partial charge in [-0.2, -0.15) is 0 Å². The molecular weight excluding hydrogens is 339 g/mol. The van der Waals surface area contributed by atoms with E-state index in [1.54, 1.807) is 0 Å². The van der Waals surface area contributed by atoms with Gasteiger partial charge >= 0.3 is 0 Å². The molecule has 1 aromatic heterocycles. The minimum absolute atomic E-state index is 0.579. The first-order chi connectivity index (χ1) is 8.65. The zero-order valence-electron chi connectivity index (χ0n) is 9.77. The van der Waals surface area contributed by atoms with Gasteiger partial charge in [0.1, 0.15) is 5.52 Å². The molecular formula is C14H11IN2O. The van der Waals surface area contributed by atoms with E-state index in [4.69, 9.17) is 10.2 Å². The molecule has 0 fully saturated rings. The minimum atomic E-state index is 0.579. The van der Waals surface area contributed by atoms with Gasteiger partial charge in [0, 0.05) is 9.26 Å². The van der Waals surface area contributed by atoms with Crippen LogP contribution in [0, 0.1) is 10.5 Å². The number of aromatic nitrogens is 1. The number of hydrogen-bond acceptors (Lipinski definition) is 3. The molecule has 0 atom stereocenters. The van der Waals surface area contributed by atoms with E-state index in [1.165, 1.54) is 0 Å². The maximum absolute atomic E-state index is 5.98. The van der Waals surface area contributed by atoms with Crippen LogP contribution in [0.25, 0.3) is 22.6 Å². The van der Waals surface area contributed by atoms with E-state index in [0.29, 0.717) is 11.6 Å². The second kappa shape index (κ2) is 4.28. The predicted molar refractivity (Wildman–Crippen MR) is 81.3 cm³/mol. The van der Waals surface area contributed by atoms with Crippen molar-refractivity contribution in [3.63, 3.8) is 0 Å². The molecule has 0 unspecified atom stereocenters. The van der Waals surface area contributed by atoms with Gasteiger partial charge in [-0.25, -0.2) is 4.98 Å². The number of rotatable bonds is 1. The lowest BCUT2D eigenvalue weighted by atomic mass is 10.2. The topological polar surface area (TPSA) is 52.0 Å². The van der Waals surface area contributed by atoms with Gasteiger partial charge in [-0.15, -0.1) is 0 Å². The summed E-state index contributed by atoms with van der Waals surface area (Å²) in [5.74, 6) is 0.579. The molecule has 0 bridgehead atoms. The molecule has 90 valence electrons. The molecule has 0 radical (unpaired) electrons. The maximum Gasteiger partial charge on any atom is 0.229 e. The highest BCUT2D eigenvalue weighted by Crippen LogP contribution is 2.30. The fourth-order valence-electron chi connectivity index (χ4n) is 1.92. The van der Waals surface area contributed by atoms with Gasteiger partial charge in [-0.05, 0) is 59.3 Å². The number of para-hydroxylation sites is 1. The van der Waals surface area contributed by atoms with Gasteiger partial charge in [0.05, 0.1) is 5.56 Å². The van der Waals surface area contributed by atoms with Gasteiger partial charge < -0.3 is 10.2 Å². The monoisotopic (exact) mass is 350 g/mol. The number of anilines is 1. The summed E-state index contributed by atoms with van der Waals surface area (Å²) < 4.78 is 6.93. The van der Waals surface area contributed by atoms with E-state index in [0.717, 1.165) is 25.8 Å². The van der Waals surface area contributed by atoms with Crippen molar-refractivity contribution in [2.24, 2.45) is 0 Å². The lowest BCUT2D eigenvalue weighted by molar-refractivity contribution is 0.617. The normalized spacial score (nSPS) is 11.0. The summed E-state index contributed by atoms with van der Waals surface area (Å²) in [5.41, 5.74) is 10.3. The Morgan fingerprint density at radius 2 is 2.06 bits per heavy atom. The highest BCUT2D eigenvalue weighted by molar-refractivity contribution is 14.1. The van der Waals surface area contributed by atoms with E-state index < -0.39 is 0 Å². The molecule has 0 saturated carbocycles. The Labute approximate surface area is 118 Å². The SMILES string of the molecule is Cc1cccc2nc(-c3cc(I)ccc3N)oc12. The van der Waals surface area contributed by atoms with Crippen molar-refractivity contribution in [3.8, 4) is 11.5 Å². The van der Waals surface area contributed by atoms with Crippen LogP contribution in [0.2, 0.25) is 0 Å². The fourth-order valence-corrected chi connectivity index (χ4v) is 2.41. The number of nitrogens with two attached hydrogens (primary N) is 1. The second-order valence-electron chi connectivity index (χ2n) is 4.17. The average molecular weight is 350 g/mol. The van der Waals surface area contributed by atoms with Crippen molar-refractivity contribution in [1.29, 1.82) is 0 Å². The number of nitrogens with zero attached hydrogens (tertiary/aromatic N) is 1. The standard InChI is InChI=1S/C14H11IN2O/c1-8-3-2-4-12-13(8)18-14(17-12)10-7-9(15)5-6-11(10)16/h2-7H,16H2,1H3. The van der Waals surface area contributed by atoms with Crippen LogP contribution in [0.15, 0.2) is 40.8 Å². The maximum atomic E-state index is 5.98. The number of hydrogen-bond donors (Lipinski definition) is 1. The summed E-state index contributed by atoms with van der Waals surface area (Å²) in [5, 5.41) is 0. The molecule has 3 nitrogen and oxygen atoms in total. The van der Waals surface area contributed by atoms with Gasteiger partial charge in [-0.3, -0.25) is 0 Å². The van der Waals surface area contributed by atoms with Crippen LogP contribution in [0.4, 0.5) is 5.69 Å². The van der Waals surface area contributed by atoms with Crippen LogP contribution in [0.5, 0.6) is 0 Å². The molecule has 0 saturated heterocycles. The number of halogens is 1. The van der Waals surface area contributed by atoms with Crippen molar-refractivity contribution in [2.75, 3.05) is 5.73 Å². The number of benzene rings is 2. The number of oxazole rings is 1. The average Bonchev–Trinajstić information content (AvgIpc) is 2.77. The zero-order chi connectivity index (χ0) is 12.7. The Bertz CT molecular complexity index is 734. The van der Waals surface area contributed by atoms with E-state index in [2.05, 4.69) is 27.6 Å². The Balaban J connectivity index is 2.26. The van der Waals surface area contributed by atoms with Crippen LogP contribution in [0.1, 0.15) is 5.56 Å². The number of nitrogen functional groups attached to an aromatic ring is 1. The Morgan fingerprint density at radius 3 is 2.83 bits per heavy atom. The van der Waals surface area contributed by atoms with Gasteiger partial charge in [0.25, 0.3) is 0 Å². The van der Waals surface area contributed by atoms with Gasteiger partial charge in [-0.1, -0.05) is 12.1 Å². The molecule has 3 aromatic rings. The lowest BCUT2D eigenvalue weighted by Crippen LogP contribution is -1.90. The smallest absolute Gasteiger partial charge is 0.229 e. The Hall–Kier alpha value is -1.56. The summed E-state index contributed by atoms with van der Waals surface area (Å²) >= 11 is 2.25. The molecule has 2 aromatic carbocycles. The van der Waals surface area contributed by atoms with Crippen molar-refractivity contribution in [2.45, 2.75) is 6.92 Å². The van der Waals surface area contributed by atoms with Crippen LogP contribution in [-0.2, 0) is 0 Å². The fraction of sp³-hybridized carbons (Fsp3) is 0.0714. The van der Waals surface area contributed by atoms with E-state index in [1.807, 2.05) is 43.3 Å². The molecule has 3 rings (SSSR count). The highest BCUT2D eigenvalue weighted by atomic mass is 127. The molecule has 0 amide bonds. The molecule has 2 N–H and O–H groups in total. The molecule has 4 heteroatoms. The zero-order valence-corrected chi connectivity index (χ0v) is 11.9. The summed E-state index contributed by atoms with van der Waals surface area (Å²) in [4.78, 5) is 4.50. The van der Waals surface area contributed by atoms with Crippen LogP contribution in [-0.4, -0.2) is 4.98 Å². The first kappa shape index (κ1) is 11.5. The third-order valence-electron chi connectivity index (χ3n) is 2.86. The minimum Gasteiger partial charge on any atom is -0.436 e. The quantitative estimate of drug-likeness (QED) is 0.533. The van der Waals surface area contributed by atoms with Crippen molar-refractivity contribution >= 4 is 39.4 Å². The summed E-state index contributed by atoms with van der Waals surface area (Å²) in [6.07, 6.45) is 0. The van der Waals surface area contributed by atoms with E-state index >= 15 is 0 Å². The highest BCUT2D eigenvalue weighted by Gasteiger charge is 2.12. The van der Waals surface area contributed by atoms with Crippen LogP contribution < -0.4 is 5.73 Å². The number of aryl methyl sites for hydroxylation is 1. The Kier molecular flexibility index (Phi) is 2.74. The van der Waals surface area contributed by atoms with Gasteiger partial charge in [0.2, 0.25) is 5.89 Å². The van der Waals surface area contributed by atoms with Crippen LogP contribution >= 0.6 is 22.6 Å². The third kappa shape index (κ3) is 1.86. The van der Waals surface area contributed by atoms with E-state index in [9.17, 15) is 0 Å².